The highest BCUT2D eigenvalue weighted by molar-refractivity contribution is 5.71. The van der Waals surface area contributed by atoms with E-state index in [1.165, 1.54) is 327 Å². The summed E-state index contributed by atoms with van der Waals surface area (Å²) in [7, 11) is 0. The van der Waals surface area contributed by atoms with Gasteiger partial charge < -0.3 is 14.2 Å². The van der Waals surface area contributed by atoms with Crippen molar-refractivity contribution in [2.45, 2.75) is 431 Å². The lowest BCUT2D eigenvalue weighted by Crippen LogP contribution is -2.30. The van der Waals surface area contributed by atoms with Crippen molar-refractivity contribution in [3.8, 4) is 0 Å². The molecule has 0 aliphatic heterocycles. The van der Waals surface area contributed by atoms with Gasteiger partial charge in [-0.05, 0) is 19.3 Å². The molecule has 1 unspecified atom stereocenters. The van der Waals surface area contributed by atoms with E-state index in [1.807, 2.05) is 0 Å². The molecule has 0 radical (unpaired) electrons. The number of ether oxygens (including phenoxy) is 3. The fraction of sp³-hybridized carbons (Fsp3) is 0.958. The zero-order valence-corrected chi connectivity index (χ0v) is 53.5. The Morgan fingerprint density at radius 3 is 0.513 bits per heavy atom. The van der Waals surface area contributed by atoms with Crippen LogP contribution in [-0.2, 0) is 28.6 Å². The van der Waals surface area contributed by atoms with Crippen LogP contribution in [0.15, 0.2) is 0 Å². The molecule has 1 atom stereocenters. The van der Waals surface area contributed by atoms with Gasteiger partial charge in [-0.15, -0.1) is 0 Å². The molecule has 0 heterocycles. The van der Waals surface area contributed by atoms with Crippen molar-refractivity contribution in [1.82, 2.24) is 0 Å². The maximum Gasteiger partial charge on any atom is 0.306 e. The van der Waals surface area contributed by atoms with E-state index < -0.39 is 6.10 Å². The second-order valence-electron chi connectivity index (χ2n) is 24.9. The smallest absolute Gasteiger partial charge is 0.306 e. The van der Waals surface area contributed by atoms with Gasteiger partial charge in [-0.3, -0.25) is 14.4 Å². The molecule has 0 bridgehead atoms. The molecule has 0 aliphatic rings. The Bertz CT molecular complexity index is 1170. The number of rotatable bonds is 68. The number of hydrogen-bond donors (Lipinski definition) is 0. The molecule has 6 nitrogen and oxygen atoms in total. The third kappa shape index (κ3) is 65.2. The topological polar surface area (TPSA) is 78.9 Å². The van der Waals surface area contributed by atoms with Gasteiger partial charge in [0.05, 0.1) is 0 Å². The highest BCUT2D eigenvalue weighted by Gasteiger charge is 2.20. The first-order valence-corrected chi connectivity index (χ1v) is 36.0. The summed E-state index contributed by atoms with van der Waals surface area (Å²) >= 11 is 0. The summed E-state index contributed by atoms with van der Waals surface area (Å²) in [6, 6.07) is 0. The normalized spacial score (nSPS) is 11.9. The van der Waals surface area contributed by atoms with Crippen molar-refractivity contribution in [3.05, 3.63) is 0 Å². The highest BCUT2D eigenvalue weighted by atomic mass is 16.6. The van der Waals surface area contributed by atoms with E-state index in [4.69, 9.17) is 14.2 Å². The standard InChI is InChI=1S/C72H140O6/c1-4-7-10-13-16-19-21-23-25-27-29-31-33-35-36-37-39-40-42-44-46-48-50-53-56-59-62-65-71(74)77-68-69(67-76-70(73)64-61-58-55-52-18-15-12-9-6-3)78-72(75)66-63-60-57-54-51-49-47-45-43-41-38-34-32-30-28-26-24-22-20-17-14-11-8-5-2/h69H,4-68H2,1-3H3. The first-order valence-electron chi connectivity index (χ1n) is 36.0. The van der Waals surface area contributed by atoms with Gasteiger partial charge in [0.2, 0.25) is 0 Å². The van der Waals surface area contributed by atoms with E-state index in [1.54, 1.807) is 0 Å². The third-order valence-corrected chi connectivity index (χ3v) is 16.9. The lowest BCUT2D eigenvalue weighted by molar-refractivity contribution is -0.167. The maximum absolute atomic E-state index is 12.9. The third-order valence-electron chi connectivity index (χ3n) is 16.9. The van der Waals surface area contributed by atoms with Crippen molar-refractivity contribution >= 4 is 17.9 Å². The summed E-state index contributed by atoms with van der Waals surface area (Å²) in [6.07, 6.45) is 80.2. The van der Waals surface area contributed by atoms with Crippen LogP contribution in [0.1, 0.15) is 425 Å². The lowest BCUT2D eigenvalue weighted by Gasteiger charge is -2.18. The molecular formula is C72H140O6. The lowest BCUT2D eigenvalue weighted by atomic mass is 10.0. The summed E-state index contributed by atoms with van der Waals surface area (Å²) in [5.41, 5.74) is 0. The Labute approximate surface area is 488 Å². The van der Waals surface area contributed by atoms with Crippen molar-refractivity contribution in [2.24, 2.45) is 0 Å². The van der Waals surface area contributed by atoms with Crippen LogP contribution in [0.5, 0.6) is 0 Å². The molecular weight excluding hydrogens is 961 g/mol. The zero-order valence-electron chi connectivity index (χ0n) is 53.5. The van der Waals surface area contributed by atoms with E-state index in [0.29, 0.717) is 19.3 Å². The SMILES string of the molecule is CCCCCCCCCCCCCCCCCCCCCCCCCCCCCC(=O)OCC(COC(=O)CCCCCCCCCCC)OC(=O)CCCCCCCCCCCCCCCCCCCCCCCCCC. The summed E-state index contributed by atoms with van der Waals surface area (Å²) in [6.45, 7) is 6.72. The largest absolute Gasteiger partial charge is 0.462 e. The molecule has 0 aliphatic carbocycles. The summed E-state index contributed by atoms with van der Waals surface area (Å²) in [4.78, 5) is 38.3. The molecule has 0 rings (SSSR count). The van der Waals surface area contributed by atoms with Crippen LogP contribution in [0, 0.1) is 0 Å². The van der Waals surface area contributed by atoms with Crippen molar-refractivity contribution in [3.63, 3.8) is 0 Å². The van der Waals surface area contributed by atoms with Gasteiger partial charge in [-0.2, -0.15) is 0 Å². The number of carbonyl (C=O) groups is 3. The minimum Gasteiger partial charge on any atom is -0.462 e. The molecule has 0 aromatic rings. The Kier molecular flexibility index (Phi) is 66.5. The van der Waals surface area contributed by atoms with Crippen LogP contribution >= 0.6 is 0 Å². The summed E-state index contributed by atoms with van der Waals surface area (Å²) < 4.78 is 17.0. The quantitative estimate of drug-likeness (QED) is 0.0343. The minimum absolute atomic E-state index is 0.0607. The molecule has 0 saturated heterocycles. The molecule has 6 heteroatoms. The van der Waals surface area contributed by atoms with E-state index >= 15 is 0 Å². The average molecular weight is 1100 g/mol. The number of hydrogen-bond acceptors (Lipinski definition) is 6. The predicted molar refractivity (Wildman–Crippen MR) is 340 cm³/mol. The fourth-order valence-corrected chi connectivity index (χ4v) is 11.5. The van der Waals surface area contributed by atoms with Gasteiger partial charge >= 0.3 is 17.9 Å². The van der Waals surface area contributed by atoms with Gasteiger partial charge in [-0.1, -0.05) is 387 Å². The number of unbranched alkanes of at least 4 members (excludes halogenated alkanes) is 57. The van der Waals surface area contributed by atoms with E-state index in [0.717, 1.165) is 57.8 Å². The number of carbonyl (C=O) groups excluding carboxylic acids is 3. The van der Waals surface area contributed by atoms with E-state index in [-0.39, 0.29) is 31.1 Å². The molecule has 0 aromatic carbocycles. The zero-order chi connectivity index (χ0) is 56.4. The van der Waals surface area contributed by atoms with E-state index in [9.17, 15) is 14.4 Å². The minimum atomic E-state index is -0.762. The molecule has 0 fully saturated rings. The van der Waals surface area contributed by atoms with Crippen LogP contribution in [0.25, 0.3) is 0 Å². The second-order valence-corrected chi connectivity index (χ2v) is 24.9. The molecule has 0 amide bonds. The van der Waals surface area contributed by atoms with Gasteiger partial charge in [0, 0.05) is 19.3 Å². The summed E-state index contributed by atoms with van der Waals surface area (Å²) in [5.74, 6) is -0.826. The van der Waals surface area contributed by atoms with Crippen LogP contribution in [0.2, 0.25) is 0 Å². The first kappa shape index (κ1) is 76.4. The summed E-state index contributed by atoms with van der Waals surface area (Å²) in [5, 5.41) is 0. The van der Waals surface area contributed by atoms with Crippen LogP contribution in [-0.4, -0.2) is 37.2 Å². The van der Waals surface area contributed by atoms with Gasteiger partial charge in [0.25, 0.3) is 0 Å². The monoisotopic (exact) mass is 1100 g/mol. The van der Waals surface area contributed by atoms with E-state index in [2.05, 4.69) is 20.8 Å². The van der Waals surface area contributed by atoms with Crippen molar-refractivity contribution in [2.75, 3.05) is 13.2 Å². The van der Waals surface area contributed by atoms with Crippen molar-refractivity contribution < 1.29 is 28.6 Å². The van der Waals surface area contributed by atoms with Crippen LogP contribution in [0.3, 0.4) is 0 Å². The molecule has 0 N–H and O–H groups in total. The highest BCUT2D eigenvalue weighted by Crippen LogP contribution is 2.20. The van der Waals surface area contributed by atoms with Crippen molar-refractivity contribution in [1.29, 1.82) is 0 Å². The molecule has 0 spiro atoms. The Morgan fingerprint density at radius 1 is 0.205 bits per heavy atom. The number of esters is 3. The van der Waals surface area contributed by atoms with Gasteiger partial charge in [0.1, 0.15) is 13.2 Å². The Morgan fingerprint density at radius 2 is 0.346 bits per heavy atom. The fourth-order valence-electron chi connectivity index (χ4n) is 11.5. The molecule has 0 aromatic heterocycles. The Balaban J connectivity index is 4.06. The van der Waals surface area contributed by atoms with Crippen LogP contribution in [0.4, 0.5) is 0 Å². The molecule has 78 heavy (non-hydrogen) atoms. The first-order chi connectivity index (χ1) is 38.5. The Hall–Kier alpha value is -1.59. The second kappa shape index (κ2) is 67.9. The maximum atomic E-state index is 12.9. The molecule has 0 saturated carbocycles. The van der Waals surface area contributed by atoms with Gasteiger partial charge in [-0.25, -0.2) is 0 Å². The van der Waals surface area contributed by atoms with Crippen LogP contribution < -0.4 is 0 Å². The molecule has 464 valence electrons. The average Bonchev–Trinajstić information content (AvgIpc) is 3.44. The predicted octanol–water partition coefficient (Wildman–Crippen LogP) is 24.6. The van der Waals surface area contributed by atoms with Gasteiger partial charge in [0.15, 0.2) is 6.10 Å².